The van der Waals surface area contributed by atoms with E-state index < -0.39 is 0 Å². The van der Waals surface area contributed by atoms with Crippen molar-refractivity contribution in [2.45, 2.75) is 0 Å². The van der Waals surface area contributed by atoms with Crippen LogP contribution in [0.1, 0.15) is 0 Å². The van der Waals surface area contributed by atoms with Crippen molar-refractivity contribution in [3.05, 3.63) is 128 Å². The molecule has 5 aromatic carbocycles. The summed E-state index contributed by atoms with van der Waals surface area (Å²) in [5.41, 5.74) is 7.35. The first-order valence-electron chi connectivity index (χ1n) is 13.2. The summed E-state index contributed by atoms with van der Waals surface area (Å²) in [4.78, 5) is 5.04. The molecular weight excluding hydrogens is 478 g/mol. The maximum Gasteiger partial charge on any atom is 0.137 e. The van der Waals surface area contributed by atoms with Gasteiger partial charge in [0.25, 0.3) is 0 Å². The van der Waals surface area contributed by atoms with Gasteiger partial charge in [0.1, 0.15) is 17.0 Å². The van der Waals surface area contributed by atoms with Crippen molar-refractivity contribution in [2.75, 3.05) is 0 Å². The largest absolute Gasteiger partial charge is 0.456 e. The Hall–Kier alpha value is -5.35. The maximum atomic E-state index is 6.48. The lowest BCUT2D eigenvalue weighted by atomic mass is 10.1. The predicted octanol–water partition coefficient (Wildman–Crippen LogP) is 9.18. The summed E-state index contributed by atoms with van der Waals surface area (Å²) in [7, 11) is 0. The molecule has 0 unspecified atom stereocenters. The molecule has 0 bridgehead atoms. The minimum absolute atomic E-state index is 0.871. The molecule has 4 heterocycles. The van der Waals surface area contributed by atoms with Gasteiger partial charge in [-0.1, -0.05) is 72.8 Å². The molecule has 0 atom stereocenters. The first-order valence-corrected chi connectivity index (χ1v) is 13.2. The molecule has 0 spiro atoms. The van der Waals surface area contributed by atoms with Crippen LogP contribution in [0.15, 0.2) is 132 Å². The molecule has 0 N–H and O–H groups in total. The van der Waals surface area contributed by atoms with E-state index in [-0.39, 0.29) is 0 Å². The van der Waals surface area contributed by atoms with E-state index in [4.69, 9.17) is 9.40 Å². The third kappa shape index (κ3) is 2.75. The Morgan fingerprint density at radius 1 is 0.436 bits per heavy atom. The number of para-hydroxylation sites is 3. The van der Waals surface area contributed by atoms with Crippen LogP contribution < -0.4 is 0 Å². The summed E-state index contributed by atoms with van der Waals surface area (Å²) in [5.74, 6) is 0.877. The molecule has 4 aromatic heterocycles. The molecule has 0 saturated heterocycles. The number of benzene rings is 5. The van der Waals surface area contributed by atoms with E-state index in [0.717, 1.165) is 44.5 Å². The van der Waals surface area contributed by atoms with Crippen molar-refractivity contribution in [3.8, 4) is 11.5 Å². The number of pyridine rings is 1. The Bertz CT molecular complexity index is 2330. The Balaban J connectivity index is 1.33. The zero-order valence-corrected chi connectivity index (χ0v) is 20.9. The smallest absolute Gasteiger partial charge is 0.137 e. The highest BCUT2D eigenvalue weighted by molar-refractivity contribution is 6.26. The Labute approximate surface area is 222 Å². The van der Waals surface area contributed by atoms with Gasteiger partial charge in [0.15, 0.2) is 0 Å². The minimum Gasteiger partial charge on any atom is -0.456 e. The normalized spacial score (nSPS) is 12.1. The van der Waals surface area contributed by atoms with E-state index in [1.165, 1.54) is 32.6 Å². The molecule has 9 rings (SSSR count). The topological polar surface area (TPSA) is 35.9 Å². The average molecular weight is 500 g/mol. The van der Waals surface area contributed by atoms with E-state index in [1.54, 1.807) is 0 Å². The number of nitrogens with zero attached hydrogens (tertiary/aromatic N) is 3. The van der Waals surface area contributed by atoms with Gasteiger partial charge in [0.05, 0.1) is 39.3 Å². The first-order chi connectivity index (χ1) is 19.4. The number of fused-ring (bicyclic) bond motifs is 5. The molecule has 182 valence electrons. The van der Waals surface area contributed by atoms with Gasteiger partial charge in [-0.3, -0.25) is 4.57 Å². The minimum atomic E-state index is 0.871. The summed E-state index contributed by atoms with van der Waals surface area (Å²) in [6, 6.07) is 42.5. The third-order valence-corrected chi connectivity index (χ3v) is 7.98. The molecule has 39 heavy (non-hydrogen) atoms. The van der Waals surface area contributed by atoms with Gasteiger partial charge in [0, 0.05) is 21.5 Å². The summed E-state index contributed by atoms with van der Waals surface area (Å²) >= 11 is 0. The van der Waals surface area contributed by atoms with Crippen molar-refractivity contribution in [2.24, 2.45) is 0 Å². The van der Waals surface area contributed by atoms with Crippen molar-refractivity contribution in [3.63, 3.8) is 0 Å². The highest BCUT2D eigenvalue weighted by Gasteiger charge is 2.19. The van der Waals surface area contributed by atoms with Crippen LogP contribution in [0.5, 0.6) is 0 Å². The van der Waals surface area contributed by atoms with Crippen LogP contribution in [0.3, 0.4) is 0 Å². The van der Waals surface area contributed by atoms with Crippen molar-refractivity contribution >= 4 is 65.6 Å². The molecular formula is C35H21N3O. The fourth-order valence-electron chi connectivity index (χ4n) is 6.37. The molecule has 0 saturated carbocycles. The van der Waals surface area contributed by atoms with Crippen LogP contribution >= 0.6 is 0 Å². The van der Waals surface area contributed by atoms with E-state index >= 15 is 0 Å². The second-order valence-electron chi connectivity index (χ2n) is 10.0. The molecule has 0 fully saturated rings. The van der Waals surface area contributed by atoms with Crippen molar-refractivity contribution in [1.29, 1.82) is 0 Å². The number of hydrogen-bond donors (Lipinski definition) is 0. The molecule has 0 aliphatic rings. The summed E-state index contributed by atoms with van der Waals surface area (Å²) < 4.78 is 11.0. The molecule has 0 radical (unpaired) electrons. The standard InChI is InChI=1S/C35H21N3O/c1-4-13-27-23(9-1)24-10-2-5-14-28(24)37(27)22-19-20-33(36-21-22)38-29-15-7-12-26-25-11-3-6-17-31(25)39-32-18-8-16-30(38)35(32)34(26)29/h1-21H. The van der Waals surface area contributed by atoms with Crippen LogP contribution in [-0.4, -0.2) is 14.1 Å². The highest BCUT2D eigenvalue weighted by Crippen LogP contribution is 2.40. The summed E-state index contributed by atoms with van der Waals surface area (Å²) in [5, 5.41) is 7.09. The molecule has 0 aliphatic carbocycles. The number of rotatable bonds is 2. The quantitative estimate of drug-likeness (QED) is 0.238. The van der Waals surface area contributed by atoms with E-state index in [2.05, 4.69) is 118 Å². The number of aromatic nitrogens is 3. The Morgan fingerprint density at radius 3 is 1.77 bits per heavy atom. The zero-order valence-electron chi connectivity index (χ0n) is 20.9. The van der Waals surface area contributed by atoms with Crippen LogP contribution in [0.4, 0.5) is 0 Å². The van der Waals surface area contributed by atoms with Gasteiger partial charge in [0.2, 0.25) is 0 Å². The van der Waals surface area contributed by atoms with Gasteiger partial charge in [-0.25, -0.2) is 4.98 Å². The summed E-state index contributed by atoms with van der Waals surface area (Å²) in [6.45, 7) is 0. The van der Waals surface area contributed by atoms with Crippen molar-refractivity contribution in [1.82, 2.24) is 14.1 Å². The fourth-order valence-corrected chi connectivity index (χ4v) is 6.37. The monoisotopic (exact) mass is 499 g/mol. The molecule has 0 aliphatic heterocycles. The lowest BCUT2D eigenvalue weighted by molar-refractivity contribution is 0.664. The lowest BCUT2D eigenvalue weighted by Crippen LogP contribution is -2.00. The van der Waals surface area contributed by atoms with Crippen LogP contribution in [0.25, 0.3) is 77.1 Å². The van der Waals surface area contributed by atoms with E-state index in [9.17, 15) is 0 Å². The third-order valence-electron chi connectivity index (χ3n) is 7.98. The molecule has 4 nitrogen and oxygen atoms in total. The molecule has 4 heteroatoms. The van der Waals surface area contributed by atoms with Gasteiger partial charge < -0.3 is 8.98 Å². The van der Waals surface area contributed by atoms with Gasteiger partial charge in [-0.05, 0) is 53.9 Å². The van der Waals surface area contributed by atoms with Gasteiger partial charge in [-0.2, -0.15) is 0 Å². The Morgan fingerprint density at radius 2 is 1.03 bits per heavy atom. The van der Waals surface area contributed by atoms with Gasteiger partial charge >= 0.3 is 0 Å². The maximum absolute atomic E-state index is 6.48. The fraction of sp³-hybridized carbons (Fsp3) is 0. The van der Waals surface area contributed by atoms with Gasteiger partial charge in [-0.15, -0.1) is 0 Å². The number of hydrogen-bond acceptors (Lipinski definition) is 2. The summed E-state index contributed by atoms with van der Waals surface area (Å²) in [6.07, 6.45) is 1.98. The van der Waals surface area contributed by atoms with E-state index in [1.807, 2.05) is 18.3 Å². The highest BCUT2D eigenvalue weighted by atomic mass is 16.3. The van der Waals surface area contributed by atoms with Crippen LogP contribution in [-0.2, 0) is 0 Å². The second-order valence-corrected chi connectivity index (χ2v) is 10.0. The first kappa shape index (κ1) is 20.7. The van der Waals surface area contributed by atoms with Crippen molar-refractivity contribution < 1.29 is 4.42 Å². The second kappa shape index (κ2) is 7.59. The average Bonchev–Trinajstić information content (AvgIpc) is 3.46. The van der Waals surface area contributed by atoms with E-state index in [0.29, 0.717) is 0 Å². The predicted molar refractivity (Wildman–Crippen MR) is 160 cm³/mol. The SMILES string of the molecule is c1ccc2c(c1)oc1cccc3c1c1c2cccc1n3-c1ccc(-n2c3ccccc3c3ccccc32)cn1. The molecule has 9 aromatic rings. The van der Waals surface area contributed by atoms with Crippen LogP contribution in [0, 0.1) is 0 Å². The lowest BCUT2D eigenvalue weighted by Gasteiger charge is -2.11. The zero-order chi connectivity index (χ0) is 25.5. The van der Waals surface area contributed by atoms with Crippen LogP contribution in [0.2, 0.25) is 0 Å². The Kier molecular flexibility index (Phi) is 4.02. The molecule has 0 amide bonds.